The van der Waals surface area contributed by atoms with Crippen LogP contribution in [0.2, 0.25) is 0 Å². The van der Waals surface area contributed by atoms with Gasteiger partial charge in [0.25, 0.3) is 0 Å². The number of hydrogen-bond donors (Lipinski definition) is 2. The van der Waals surface area contributed by atoms with E-state index in [-0.39, 0.29) is 0 Å². The van der Waals surface area contributed by atoms with Crippen molar-refractivity contribution in [3.05, 3.63) is 35.5 Å². The molecule has 0 aromatic carbocycles. The van der Waals surface area contributed by atoms with Crippen molar-refractivity contribution in [3.63, 3.8) is 0 Å². The maximum Gasteiger partial charge on any atom is 0.191 e. The van der Waals surface area contributed by atoms with E-state index >= 15 is 0 Å². The minimum atomic E-state index is 0.408. The zero-order valence-corrected chi connectivity index (χ0v) is 18.1. The number of unbranched alkanes of at least 4 members (excludes halogenated alkanes) is 1. The molecule has 1 aliphatic rings. The highest BCUT2D eigenvalue weighted by Crippen LogP contribution is 2.18. The Morgan fingerprint density at radius 2 is 2.00 bits per heavy atom. The number of rotatable bonds is 7. The molecule has 8 heteroatoms. The largest absolute Gasteiger partial charge is 0.356 e. The van der Waals surface area contributed by atoms with Crippen molar-refractivity contribution < 1.29 is 0 Å². The lowest BCUT2D eigenvalue weighted by Crippen LogP contribution is -2.49. The summed E-state index contributed by atoms with van der Waals surface area (Å²) in [5.74, 6) is 3.72. The van der Waals surface area contributed by atoms with Crippen LogP contribution in [0.1, 0.15) is 49.9 Å². The molecule has 3 heterocycles. The van der Waals surface area contributed by atoms with Crippen LogP contribution in [0.25, 0.3) is 0 Å². The van der Waals surface area contributed by atoms with Gasteiger partial charge < -0.3 is 20.1 Å². The van der Waals surface area contributed by atoms with Crippen LogP contribution < -0.4 is 15.5 Å². The fourth-order valence-electron chi connectivity index (χ4n) is 3.43. The quantitative estimate of drug-likeness (QED) is 0.423. The number of aryl methyl sites for hydroxylation is 2. The smallest absolute Gasteiger partial charge is 0.191 e. The number of aliphatic imine (C=N–C) groups is 1. The van der Waals surface area contributed by atoms with Gasteiger partial charge in [-0.2, -0.15) is 0 Å². The highest BCUT2D eigenvalue weighted by Gasteiger charge is 2.21. The van der Waals surface area contributed by atoms with Crippen molar-refractivity contribution in [2.24, 2.45) is 12.0 Å². The molecule has 0 unspecified atom stereocenters. The summed E-state index contributed by atoms with van der Waals surface area (Å²) in [6.45, 7) is 9.63. The zero-order chi connectivity index (χ0) is 20.6. The number of nitrogens with zero attached hydrogens (tertiary/aromatic N) is 6. The average Bonchev–Trinajstić information content (AvgIpc) is 3.04. The summed E-state index contributed by atoms with van der Waals surface area (Å²) in [7, 11) is 1.98. The summed E-state index contributed by atoms with van der Waals surface area (Å²) in [6, 6.07) is 6.63. The molecule has 0 saturated carbocycles. The Kier molecular flexibility index (Phi) is 7.43. The summed E-state index contributed by atoms with van der Waals surface area (Å²) in [5, 5.41) is 15.4. The SMILES string of the molecule is CCCCNC(=NCc1nnc(C)n1C)NC1CCN(c2cccc(C)n2)CC1. The number of aromatic nitrogens is 4. The van der Waals surface area contributed by atoms with Crippen molar-refractivity contribution >= 4 is 11.8 Å². The van der Waals surface area contributed by atoms with Crippen LogP contribution in [-0.4, -0.2) is 51.4 Å². The van der Waals surface area contributed by atoms with E-state index in [1.54, 1.807) is 0 Å². The second-order valence-electron chi connectivity index (χ2n) is 7.71. The molecule has 1 aliphatic heterocycles. The summed E-state index contributed by atoms with van der Waals surface area (Å²) < 4.78 is 1.99. The van der Waals surface area contributed by atoms with Gasteiger partial charge in [0, 0.05) is 38.4 Å². The standard InChI is InChI=1S/C21H34N8/c1-5-6-12-22-21(23-15-20-27-26-17(3)28(20)4)25-18-10-13-29(14-11-18)19-9-7-8-16(2)24-19/h7-9,18H,5-6,10-15H2,1-4H3,(H2,22,23,25). The molecule has 2 aromatic heterocycles. The van der Waals surface area contributed by atoms with Crippen molar-refractivity contribution in [3.8, 4) is 0 Å². The van der Waals surface area contributed by atoms with E-state index in [4.69, 9.17) is 4.99 Å². The van der Waals surface area contributed by atoms with Crippen LogP contribution in [0.4, 0.5) is 5.82 Å². The van der Waals surface area contributed by atoms with Gasteiger partial charge in [-0.05, 0) is 45.2 Å². The topological polar surface area (TPSA) is 83.3 Å². The van der Waals surface area contributed by atoms with E-state index in [1.807, 2.05) is 31.5 Å². The van der Waals surface area contributed by atoms with E-state index in [9.17, 15) is 0 Å². The molecule has 0 aliphatic carbocycles. The van der Waals surface area contributed by atoms with Crippen LogP contribution in [0, 0.1) is 13.8 Å². The van der Waals surface area contributed by atoms with E-state index in [2.05, 4.69) is 49.8 Å². The van der Waals surface area contributed by atoms with Gasteiger partial charge in [-0.25, -0.2) is 9.98 Å². The second-order valence-corrected chi connectivity index (χ2v) is 7.71. The van der Waals surface area contributed by atoms with Crippen LogP contribution in [-0.2, 0) is 13.6 Å². The summed E-state index contributed by atoms with van der Waals surface area (Å²) >= 11 is 0. The Morgan fingerprint density at radius 1 is 1.21 bits per heavy atom. The fourth-order valence-corrected chi connectivity index (χ4v) is 3.43. The Bertz CT molecular complexity index is 805. The third-order valence-electron chi connectivity index (χ3n) is 5.42. The first-order valence-electron chi connectivity index (χ1n) is 10.6. The number of guanidine groups is 1. The number of nitrogens with one attached hydrogen (secondary N) is 2. The minimum Gasteiger partial charge on any atom is -0.356 e. The van der Waals surface area contributed by atoms with E-state index in [0.717, 1.165) is 74.4 Å². The molecule has 1 fully saturated rings. The van der Waals surface area contributed by atoms with E-state index < -0.39 is 0 Å². The van der Waals surface area contributed by atoms with Crippen molar-refractivity contribution in [2.45, 2.75) is 59.0 Å². The molecule has 2 aromatic rings. The number of hydrogen-bond acceptors (Lipinski definition) is 5. The van der Waals surface area contributed by atoms with Crippen LogP contribution in [0.5, 0.6) is 0 Å². The molecule has 29 heavy (non-hydrogen) atoms. The van der Waals surface area contributed by atoms with Crippen LogP contribution >= 0.6 is 0 Å². The maximum atomic E-state index is 4.77. The predicted octanol–water partition coefficient (Wildman–Crippen LogP) is 2.33. The van der Waals surface area contributed by atoms with Gasteiger partial charge in [0.1, 0.15) is 18.2 Å². The normalized spacial score (nSPS) is 15.6. The molecule has 158 valence electrons. The second kappa shape index (κ2) is 10.2. The highest BCUT2D eigenvalue weighted by molar-refractivity contribution is 5.80. The lowest BCUT2D eigenvalue weighted by Gasteiger charge is -2.34. The predicted molar refractivity (Wildman–Crippen MR) is 117 cm³/mol. The first-order valence-corrected chi connectivity index (χ1v) is 10.6. The fraction of sp³-hybridized carbons (Fsp3) is 0.619. The molecular weight excluding hydrogens is 364 g/mol. The third kappa shape index (κ3) is 5.92. The Hall–Kier alpha value is -2.64. The zero-order valence-electron chi connectivity index (χ0n) is 18.1. The van der Waals surface area contributed by atoms with Gasteiger partial charge in [-0.15, -0.1) is 10.2 Å². The van der Waals surface area contributed by atoms with Gasteiger partial charge in [-0.3, -0.25) is 0 Å². The number of anilines is 1. The Labute approximate surface area is 173 Å². The van der Waals surface area contributed by atoms with Crippen molar-refractivity contribution in [1.29, 1.82) is 0 Å². The molecule has 1 saturated heterocycles. The molecule has 0 radical (unpaired) electrons. The Balaban J connectivity index is 1.57. The summed E-state index contributed by atoms with van der Waals surface area (Å²) in [6.07, 6.45) is 4.41. The van der Waals surface area contributed by atoms with E-state index in [0.29, 0.717) is 12.6 Å². The van der Waals surface area contributed by atoms with Crippen molar-refractivity contribution in [1.82, 2.24) is 30.4 Å². The molecule has 2 N–H and O–H groups in total. The number of piperidine rings is 1. The highest BCUT2D eigenvalue weighted by atomic mass is 15.3. The van der Waals surface area contributed by atoms with Crippen molar-refractivity contribution in [2.75, 3.05) is 24.5 Å². The summed E-state index contributed by atoms with van der Waals surface area (Å²) in [4.78, 5) is 11.8. The average molecular weight is 399 g/mol. The van der Waals surface area contributed by atoms with Gasteiger partial charge in [0.2, 0.25) is 0 Å². The molecule has 0 bridgehead atoms. The molecule has 0 spiro atoms. The Morgan fingerprint density at radius 3 is 2.66 bits per heavy atom. The van der Waals surface area contributed by atoms with Gasteiger partial charge >= 0.3 is 0 Å². The molecule has 3 rings (SSSR count). The van der Waals surface area contributed by atoms with E-state index in [1.165, 1.54) is 0 Å². The van der Waals surface area contributed by atoms with Gasteiger partial charge in [0.05, 0.1) is 0 Å². The third-order valence-corrected chi connectivity index (χ3v) is 5.42. The lowest BCUT2D eigenvalue weighted by molar-refractivity contribution is 0.458. The van der Waals surface area contributed by atoms with Gasteiger partial charge in [0.15, 0.2) is 11.8 Å². The first kappa shape index (κ1) is 21.1. The molecule has 0 amide bonds. The monoisotopic (exact) mass is 398 g/mol. The minimum absolute atomic E-state index is 0.408. The summed E-state index contributed by atoms with van der Waals surface area (Å²) in [5.41, 5.74) is 1.07. The number of pyridine rings is 1. The molecular formula is C21H34N8. The van der Waals surface area contributed by atoms with Gasteiger partial charge in [-0.1, -0.05) is 19.4 Å². The maximum absolute atomic E-state index is 4.77. The van der Waals surface area contributed by atoms with Crippen LogP contribution in [0.3, 0.4) is 0 Å². The molecule has 8 nitrogen and oxygen atoms in total. The van der Waals surface area contributed by atoms with Crippen LogP contribution in [0.15, 0.2) is 23.2 Å². The first-order chi connectivity index (χ1) is 14.1. The molecule has 0 atom stereocenters. The lowest BCUT2D eigenvalue weighted by atomic mass is 10.1.